The molecule has 8 nitrogen and oxygen atoms in total. The molecule has 0 aliphatic rings. The van der Waals surface area contributed by atoms with E-state index in [1.165, 1.54) is 19.3 Å². The van der Waals surface area contributed by atoms with Gasteiger partial charge in [0.1, 0.15) is 36.2 Å². The fraction of sp³-hybridized carbons (Fsp3) is 0.293. The van der Waals surface area contributed by atoms with Crippen molar-refractivity contribution in [2.24, 2.45) is 0 Å². The zero-order valence-electron chi connectivity index (χ0n) is 28.1. The lowest BCUT2D eigenvalue weighted by atomic mass is 10.1. The molecule has 0 N–H and O–H groups in total. The molecule has 0 aliphatic carbocycles. The van der Waals surface area contributed by atoms with E-state index in [1.807, 2.05) is 37.3 Å². The molecule has 0 saturated carbocycles. The highest BCUT2D eigenvalue weighted by molar-refractivity contribution is 5.92. The summed E-state index contributed by atoms with van der Waals surface area (Å²) in [4.78, 5) is 37.1. The van der Waals surface area contributed by atoms with Gasteiger partial charge in [-0.05, 0) is 110 Å². The van der Waals surface area contributed by atoms with E-state index in [0.29, 0.717) is 47.2 Å². The van der Waals surface area contributed by atoms with E-state index in [1.54, 1.807) is 72.8 Å². The van der Waals surface area contributed by atoms with Crippen LogP contribution in [0.1, 0.15) is 79.0 Å². The Morgan fingerprint density at radius 2 is 1.00 bits per heavy atom. The number of hydrogen-bond acceptors (Lipinski definition) is 8. The highest BCUT2D eigenvalue weighted by Crippen LogP contribution is 2.26. The first-order valence-corrected chi connectivity index (χ1v) is 16.8. The molecule has 0 spiro atoms. The third-order valence-corrected chi connectivity index (χ3v) is 7.61. The van der Waals surface area contributed by atoms with Crippen LogP contribution in [0.4, 0.5) is 0 Å². The average Bonchev–Trinajstić information content (AvgIpc) is 3.12. The molecular weight excluding hydrogens is 620 g/mol. The van der Waals surface area contributed by atoms with Crippen molar-refractivity contribution in [2.75, 3.05) is 19.8 Å². The molecule has 0 saturated heterocycles. The smallest absolute Gasteiger partial charge is 0.343 e. The van der Waals surface area contributed by atoms with Gasteiger partial charge in [-0.3, -0.25) is 4.79 Å². The Bertz CT molecular complexity index is 1610. The van der Waals surface area contributed by atoms with E-state index >= 15 is 0 Å². The quantitative estimate of drug-likeness (QED) is 0.0399. The maximum Gasteiger partial charge on any atom is 0.343 e. The third kappa shape index (κ3) is 12.6. The van der Waals surface area contributed by atoms with Gasteiger partial charge in [0, 0.05) is 6.42 Å². The molecule has 49 heavy (non-hydrogen) atoms. The molecule has 0 aliphatic heterocycles. The number of ether oxygens (including phenoxy) is 5. The van der Waals surface area contributed by atoms with Gasteiger partial charge in [0.05, 0.1) is 17.7 Å². The number of hydrogen-bond donors (Lipinski definition) is 0. The molecule has 0 amide bonds. The summed E-state index contributed by atoms with van der Waals surface area (Å²) in [5.41, 5.74) is 2.62. The van der Waals surface area contributed by atoms with E-state index in [4.69, 9.17) is 23.7 Å². The number of rotatable bonds is 20. The van der Waals surface area contributed by atoms with Crippen LogP contribution >= 0.6 is 0 Å². The van der Waals surface area contributed by atoms with Crippen molar-refractivity contribution in [1.82, 2.24) is 0 Å². The standard InChI is InChI=1S/C41H44O8/c1-3-5-6-7-8-9-10-11-12-39(42)47-30-29-46-36-23-19-34(20-24-36)41(44)49-38-27-15-32(16-28-38)31-13-25-37(26-14-31)48-40(43)33-17-21-35(22-18-33)45-4-2/h3,13-28H,1,4-12,29-30H2,2H3. The summed E-state index contributed by atoms with van der Waals surface area (Å²) in [5.74, 6) is 0.924. The molecule has 4 aromatic carbocycles. The van der Waals surface area contributed by atoms with Crippen molar-refractivity contribution >= 4 is 17.9 Å². The maximum absolute atomic E-state index is 12.7. The Balaban J connectivity index is 1.15. The molecular formula is C41H44O8. The molecule has 8 heteroatoms. The lowest BCUT2D eigenvalue weighted by Gasteiger charge is -2.09. The summed E-state index contributed by atoms with van der Waals surface area (Å²) < 4.78 is 27.4. The number of allylic oxidation sites excluding steroid dienone is 1. The number of unbranched alkanes of at least 4 members (excludes halogenated alkanes) is 6. The lowest BCUT2D eigenvalue weighted by Crippen LogP contribution is -2.12. The van der Waals surface area contributed by atoms with Gasteiger partial charge in [-0.1, -0.05) is 56.0 Å². The summed E-state index contributed by atoms with van der Waals surface area (Å²) >= 11 is 0. The monoisotopic (exact) mass is 664 g/mol. The molecule has 0 aromatic heterocycles. The predicted molar refractivity (Wildman–Crippen MR) is 189 cm³/mol. The largest absolute Gasteiger partial charge is 0.494 e. The Kier molecular flexibility index (Phi) is 15.0. The first-order chi connectivity index (χ1) is 23.9. The Labute approximate surface area is 288 Å². The molecule has 4 rings (SSSR count). The van der Waals surface area contributed by atoms with Crippen LogP contribution in [0.25, 0.3) is 11.1 Å². The van der Waals surface area contributed by atoms with Crippen molar-refractivity contribution in [3.63, 3.8) is 0 Å². The third-order valence-electron chi connectivity index (χ3n) is 7.61. The second-order valence-corrected chi connectivity index (χ2v) is 11.3. The minimum Gasteiger partial charge on any atom is -0.494 e. The first-order valence-electron chi connectivity index (χ1n) is 16.8. The molecule has 0 fully saturated rings. The Morgan fingerprint density at radius 1 is 0.551 bits per heavy atom. The minimum absolute atomic E-state index is 0.169. The Morgan fingerprint density at radius 3 is 1.49 bits per heavy atom. The zero-order valence-corrected chi connectivity index (χ0v) is 28.1. The van der Waals surface area contributed by atoms with E-state index < -0.39 is 11.9 Å². The number of carbonyl (C=O) groups excluding carboxylic acids is 3. The molecule has 0 atom stereocenters. The van der Waals surface area contributed by atoms with Crippen molar-refractivity contribution in [2.45, 2.75) is 58.3 Å². The maximum atomic E-state index is 12.7. The first kappa shape index (κ1) is 36.5. The second-order valence-electron chi connectivity index (χ2n) is 11.3. The minimum atomic E-state index is -0.497. The topological polar surface area (TPSA) is 97.4 Å². The normalized spacial score (nSPS) is 10.6. The molecule has 0 heterocycles. The van der Waals surface area contributed by atoms with Crippen LogP contribution in [-0.4, -0.2) is 37.7 Å². The Hall–Kier alpha value is -5.37. The molecule has 0 bridgehead atoms. The predicted octanol–water partition coefficient (Wildman–Crippen LogP) is 9.42. The van der Waals surface area contributed by atoms with Crippen LogP contribution in [0.5, 0.6) is 23.0 Å². The van der Waals surface area contributed by atoms with E-state index in [9.17, 15) is 14.4 Å². The number of carbonyl (C=O) groups is 3. The van der Waals surface area contributed by atoms with Crippen molar-refractivity contribution < 1.29 is 38.1 Å². The van der Waals surface area contributed by atoms with E-state index in [2.05, 4.69) is 6.58 Å². The summed E-state index contributed by atoms with van der Waals surface area (Å²) in [7, 11) is 0. The van der Waals surface area contributed by atoms with Crippen LogP contribution in [0, 0.1) is 0 Å². The molecule has 4 aromatic rings. The van der Waals surface area contributed by atoms with Gasteiger partial charge in [0.15, 0.2) is 0 Å². The summed E-state index contributed by atoms with van der Waals surface area (Å²) in [6.45, 7) is 6.58. The fourth-order valence-corrected chi connectivity index (χ4v) is 4.96. The van der Waals surface area contributed by atoms with Gasteiger partial charge >= 0.3 is 17.9 Å². The molecule has 0 radical (unpaired) electrons. The average molecular weight is 665 g/mol. The highest BCUT2D eigenvalue weighted by Gasteiger charge is 2.11. The van der Waals surface area contributed by atoms with Crippen LogP contribution < -0.4 is 18.9 Å². The highest BCUT2D eigenvalue weighted by atomic mass is 16.6. The van der Waals surface area contributed by atoms with Crippen LogP contribution in [0.3, 0.4) is 0 Å². The molecule has 256 valence electrons. The van der Waals surface area contributed by atoms with Gasteiger partial charge in [0.2, 0.25) is 0 Å². The van der Waals surface area contributed by atoms with Gasteiger partial charge < -0.3 is 23.7 Å². The van der Waals surface area contributed by atoms with Crippen molar-refractivity contribution in [3.05, 3.63) is 121 Å². The van der Waals surface area contributed by atoms with Gasteiger partial charge in [-0.25, -0.2) is 9.59 Å². The summed E-state index contributed by atoms with van der Waals surface area (Å²) in [6.07, 6.45) is 10.0. The van der Waals surface area contributed by atoms with E-state index in [0.717, 1.165) is 36.8 Å². The zero-order chi connectivity index (χ0) is 34.7. The fourth-order valence-electron chi connectivity index (χ4n) is 4.96. The second kappa shape index (κ2) is 20.1. The van der Waals surface area contributed by atoms with Crippen LogP contribution in [0.2, 0.25) is 0 Å². The van der Waals surface area contributed by atoms with Crippen molar-refractivity contribution in [3.8, 4) is 34.1 Å². The van der Waals surface area contributed by atoms with Gasteiger partial charge in [-0.2, -0.15) is 0 Å². The summed E-state index contributed by atoms with van der Waals surface area (Å²) in [5, 5.41) is 0. The number of esters is 3. The van der Waals surface area contributed by atoms with Crippen LogP contribution in [0.15, 0.2) is 110 Å². The van der Waals surface area contributed by atoms with Crippen LogP contribution in [-0.2, 0) is 9.53 Å². The summed E-state index contributed by atoms with van der Waals surface area (Å²) in [6, 6.07) is 27.7. The lowest BCUT2D eigenvalue weighted by molar-refractivity contribution is -0.144. The van der Waals surface area contributed by atoms with Gasteiger partial charge in [-0.15, -0.1) is 6.58 Å². The van der Waals surface area contributed by atoms with Crippen molar-refractivity contribution in [1.29, 1.82) is 0 Å². The SMILES string of the molecule is C=CCCCCCCCCC(=O)OCCOc1ccc(C(=O)Oc2ccc(-c3ccc(OC(=O)c4ccc(OCC)cc4)cc3)cc2)cc1. The number of benzene rings is 4. The van der Waals surface area contributed by atoms with E-state index in [-0.39, 0.29) is 19.2 Å². The molecule has 0 unspecified atom stereocenters. The van der Waals surface area contributed by atoms with Gasteiger partial charge in [0.25, 0.3) is 0 Å².